The lowest BCUT2D eigenvalue weighted by Gasteiger charge is -2.30. The van der Waals surface area contributed by atoms with Gasteiger partial charge in [-0.25, -0.2) is 0 Å². The van der Waals surface area contributed by atoms with Gasteiger partial charge in [-0.1, -0.05) is 12.1 Å². The van der Waals surface area contributed by atoms with Crippen LogP contribution in [0.1, 0.15) is 22.7 Å². The first-order valence-electron chi connectivity index (χ1n) is 8.39. The molecule has 1 aliphatic rings. The molecule has 1 N–H and O–H groups in total. The van der Waals surface area contributed by atoms with E-state index in [-0.39, 0.29) is 6.04 Å². The molecule has 5 nitrogen and oxygen atoms in total. The number of methoxy groups -OCH3 is 4. The van der Waals surface area contributed by atoms with Crippen LogP contribution in [0.5, 0.6) is 23.0 Å². The maximum absolute atomic E-state index is 5.72. The fourth-order valence-corrected chi connectivity index (χ4v) is 3.47. The van der Waals surface area contributed by atoms with Gasteiger partial charge < -0.3 is 24.3 Å². The van der Waals surface area contributed by atoms with E-state index in [4.69, 9.17) is 18.9 Å². The Hall–Kier alpha value is -2.40. The van der Waals surface area contributed by atoms with Gasteiger partial charge in [0.2, 0.25) is 5.75 Å². The molecule has 0 amide bonds. The number of ether oxygens (including phenoxy) is 4. The highest BCUT2D eigenvalue weighted by molar-refractivity contribution is 5.61. The highest BCUT2D eigenvalue weighted by atomic mass is 16.5. The summed E-state index contributed by atoms with van der Waals surface area (Å²) in [6.45, 7) is 0.923. The van der Waals surface area contributed by atoms with E-state index in [9.17, 15) is 0 Å². The summed E-state index contributed by atoms with van der Waals surface area (Å²) in [5.74, 6) is 2.97. The molecular weight excluding hydrogens is 318 g/mol. The summed E-state index contributed by atoms with van der Waals surface area (Å²) in [5.41, 5.74) is 3.64. The van der Waals surface area contributed by atoms with Gasteiger partial charge in [0.25, 0.3) is 0 Å². The normalized spacial score (nSPS) is 16.1. The number of fused-ring (bicyclic) bond motifs is 1. The van der Waals surface area contributed by atoms with E-state index in [2.05, 4.69) is 23.5 Å². The Kier molecular flexibility index (Phi) is 5.34. The molecular formula is C20H25NO4. The van der Waals surface area contributed by atoms with Crippen molar-refractivity contribution in [3.8, 4) is 23.0 Å². The van der Waals surface area contributed by atoms with Gasteiger partial charge in [0.05, 0.1) is 28.4 Å². The third-order valence-electron chi connectivity index (χ3n) is 4.69. The zero-order valence-corrected chi connectivity index (χ0v) is 15.2. The molecule has 1 aliphatic heterocycles. The minimum absolute atomic E-state index is 0.159. The SMILES string of the molecule is COc1ccc(C[C@H]2NCCc3cc(OC)c(OC)c(OC)c32)cc1. The Labute approximate surface area is 148 Å². The number of hydrogen-bond acceptors (Lipinski definition) is 5. The average Bonchev–Trinajstić information content (AvgIpc) is 2.67. The maximum Gasteiger partial charge on any atom is 0.203 e. The molecule has 0 saturated heterocycles. The Morgan fingerprint density at radius 1 is 0.920 bits per heavy atom. The summed E-state index contributed by atoms with van der Waals surface area (Å²) >= 11 is 0. The van der Waals surface area contributed by atoms with E-state index in [0.29, 0.717) is 11.5 Å². The molecule has 3 rings (SSSR count). The monoisotopic (exact) mass is 343 g/mol. The van der Waals surface area contributed by atoms with Crippen LogP contribution in [0.3, 0.4) is 0 Å². The van der Waals surface area contributed by atoms with Crippen molar-refractivity contribution in [2.75, 3.05) is 35.0 Å². The van der Waals surface area contributed by atoms with Crippen molar-refractivity contribution in [1.82, 2.24) is 5.32 Å². The van der Waals surface area contributed by atoms with Crippen molar-refractivity contribution >= 4 is 0 Å². The molecule has 134 valence electrons. The van der Waals surface area contributed by atoms with Gasteiger partial charge in [-0.05, 0) is 48.7 Å². The van der Waals surface area contributed by atoms with Crippen molar-refractivity contribution in [2.45, 2.75) is 18.9 Å². The molecule has 0 fully saturated rings. The van der Waals surface area contributed by atoms with Gasteiger partial charge in [-0.2, -0.15) is 0 Å². The molecule has 1 heterocycles. The van der Waals surface area contributed by atoms with E-state index in [1.54, 1.807) is 28.4 Å². The second-order valence-electron chi connectivity index (χ2n) is 6.03. The second kappa shape index (κ2) is 7.66. The summed E-state index contributed by atoms with van der Waals surface area (Å²) in [6, 6.07) is 10.4. The number of benzene rings is 2. The Bertz CT molecular complexity index is 727. The first-order valence-corrected chi connectivity index (χ1v) is 8.39. The van der Waals surface area contributed by atoms with Crippen LogP contribution in [0, 0.1) is 0 Å². The lowest BCUT2D eigenvalue weighted by Crippen LogP contribution is -2.31. The van der Waals surface area contributed by atoms with Crippen LogP contribution in [0.15, 0.2) is 30.3 Å². The maximum atomic E-state index is 5.72. The molecule has 0 unspecified atom stereocenters. The third kappa shape index (κ3) is 3.37. The zero-order chi connectivity index (χ0) is 17.8. The zero-order valence-electron chi connectivity index (χ0n) is 15.2. The minimum Gasteiger partial charge on any atom is -0.497 e. The van der Waals surface area contributed by atoms with Crippen LogP contribution in [-0.4, -0.2) is 35.0 Å². The van der Waals surface area contributed by atoms with Crippen LogP contribution in [0.2, 0.25) is 0 Å². The second-order valence-corrected chi connectivity index (χ2v) is 6.03. The van der Waals surface area contributed by atoms with E-state index < -0.39 is 0 Å². The molecule has 1 atom stereocenters. The smallest absolute Gasteiger partial charge is 0.203 e. The van der Waals surface area contributed by atoms with Crippen LogP contribution < -0.4 is 24.3 Å². The van der Waals surface area contributed by atoms with Gasteiger partial charge in [0.15, 0.2) is 11.5 Å². The number of hydrogen-bond donors (Lipinski definition) is 1. The van der Waals surface area contributed by atoms with Crippen molar-refractivity contribution < 1.29 is 18.9 Å². The van der Waals surface area contributed by atoms with Gasteiger partial charge in [0.1, 0.15) is 5.75 Å². The predicted octanol–water partition coefficient (Wildman–Crippen LogP) is 3.15. The van der Waals surface area contributed by atoms with E-state index in [1.165, 1.54) is 11.1 Å². The molecule has 0 aromatic heterocycles. The fourth-order valence-electron chi connectivity index (χ4n) is 3.47. The quantitative estimate of drug-likeness (QED) is 0.873. The third-order valence-corrected chi connectivity index (χ3v) is 4.69. The molecule has 2 aromatic rings. The first kappa shape index (κ1) is 17.4. The van der Waals surface area contributed by atoms with Crippen LogP contribution in [0.4, 0.5) is 0 Å². The minimum atomic E-state index is 0.159. The van der Waals surface area contributed by atoms with Crippen molar-refractivity contribution in [1.29, 1.82) is 0 Å². The van der Waals surface area contributed by atoms with Gasteiger partial charge in [-0.15, -0.1) is 0 Å². The molecule has 5 heteroatoms. The fraction of sp³-hybridized carbons (Fsp3) is 0.400. The Balaban J connectivity index is 1.99. The number of nitrogens with one attached hydrogen (secondary N) is 1. The summed E-state index contributed by atoms with van der Waals surface area (Å²) in [7, 11) is 6.65. The molecule has 0 radical (unpaired) electrons. The standard InChI is InChI=1S/C20H25NO4/c1-22-15-7-5-13(6-8-15)11-16-18-14(9-10-21-16)12-17(23-2)19(24-3)20(18)25-4/h5-8,12,16,21H,9-11H2,1-4H3/t16-/m1/s1. The van der Waals surface area contributed by atoms with E-state index in [1.807, 2.05) is 12.1 Å². The molecule has 0 aliphatic carbocycles. The summed E-state index contributed by atoms with van der Waals surface area (Å²) in [6.07, 6.45) is 1.80. The molecule has 2 aromatic carbocycles. The Morgan fingerprint density at radius 2 is 1.64 bits per heavy atom. The summed E-state index contributed by atoms with van der Waals surface area (Å²) in [5, 5.41) is 3.61. The van der Waals surface area contributed by atoms with Crippen LogP contribution >= 0.6 is 0 Å². The molecule has 0 bridgehead atoms. The predicted molar refractivity (Wildman–Crippen MR) is 97.2 cm³/mol. The van der Waals surface area contributed by atoms with E-state index in [0.717, 1.165) is 36.4 Å². The average molecular weight is 343 g/mol. The molecule has 0 spiro atoms. The van der Waals surface area contributed by atoms with Crippen LogP contribution in [0.25, 0.3) is 0 Å². The van der Waals surface area contributed by atoms with Gasteiger partial charge in [0, 0.05) is 11.6 Å². The first-order chi connectivity index (χ1) is 12.2. The lowest BCUT2D eigenvalue weighted by atomic mass is 9.89. The largest absolute Gasteiger partial charge is 0.497 e. The molecule has 0 saturated carbocycles. The van der Waals surface area contributed by atoms with Crippen molar-refractivity contribution in [2.24, 2.45) is 0 Å². The summed E-state index contributed by atoms with van der Waals surface area (Å²) < 4.78 is 22.0. The van der Waals surface area contributed by atoms with Crippen molar-refractivity contribution in [3.05, 3.63) is 47.0 Å². The Morgan fingerprint density at radius 3 is 2.24 bits per heavy atom. The topological polar surface area (TPSA) is 49.0 Å². The van der Waals surface area contributed by atoms with E-state index >= 15 is 0 Å². The highest BCUT2D eigenvalue weighted by Gasteiger charge is 2.29. The number of rotatable bonds is 6. The van der Waals surface area contributed by atoms with Crippen molar-refractivity contribution in [3.63, 3.8) is 0 Å². The van der Waals surface area contributed by atoms with Gasteiger partial charge in [-0.3, -0.25) is 0 Å². The molecule has 25 heavy (non-hydrogen) atoms. The lowest BCUT2D eigenvalue weighted by molar-refractivity contribution is 0.316. The van der Waals surface area contributed by atoms with Crippen LogP contribution in [-0.2, 0) is 12.8 Å². The summed E-state index contributed by atoms with van der Waals surface area (Å²) in [4.78, 5) is 0. The van der Waals surface area contributed by atoms with Gasteiger partial charge >= 0.3 is 0 Å². The highest BCUT2D eigenvalue weighted by Crippen LogP contribution is 2.46.